The molecule has 1 aliphatic heterocycles. The average molecular weight is 399 g/mol. The van der Waals surface area contributed by atoms with E-state index in [-0.39, 0.29) is 18.4 Å². The molecule has 28 heavy (non-hydrogen) atoms. The van der Waals surface area contributed by atoms with Crippen LogP contribution in [0.3, 0.4) is 0 Å². The van der Waals surface area contributed by atoms with Crippen molar-refractivity contribution in [3.05, 3.63) is 0 Å². The van der Waals surface area contributed by atoms with Crippen LogP contribution in [0.15, 0.2) is 0 Å². The maximum absolute atomic E-state index is 12.6. The lowest BCUT2D eigenvalue weighted by Crippen LogP contribution is -2.55. The summed E-state index contributed by atoms with van der Waals surface area (Å²) < 4.78 is 0. The summed E-state index contributed by atoms with van der Waals surface area (Å²) in [6, 6.07) is -2.36. The Morgan fingerprint density at radius 2 is 1.82 bits per heavy atom. The highest BCUT2D eigenvalue weighted by atomic mass is 16.4. The van der Waals surface area contributed by atoms with Gasteiger partial charge in [-0.3, -0.25) is 14.4 Å². The molecule has 0 aromatic rings. The number of likely N-dealkylation sites (tertiary alicyclic amines) is 1. The first-order chi connectivity index (χ1) is 13.1. The van der Waals surface area contributed by atoms with E-state index < -0.39 is 41.8 Å². The van der Waals surface area contributed by atoms with Crippen molar-refractivity contribution >= 4 is 23.7 Å². The second kappa shape index (κ2) is 11.0. The van der Waals surface area contributed by atoms with Crippen LogP contribution in [0.1, 0.15) is 53.4 Å². The van der Waals surface area contributed by atoms with Crippen LogP contribution in [0, 0.1) is 11.8 Å². The molecule has 160 valence electrons. The summed E-state index contributed by atoms with van der Waals surface area (Å²) in [6.45, 7) is 7.71. The van der Waals surface area contributed by atoms with Gasteiger partial charge in [-0.2, -0.15) is 0 Å². The molecule has 0 radical (unpaired) electrons. The Hall–Kier alpha value is -2.16. The lowest BCUT2D eigenvalue weighted by atomic mass is 9.97. The Kier molecular flexibility index (Phi) is 9.37. The summed E-state index contributed by atoms with van der Waals surface area (Å²) >= 11 is 0. The number of carbonyl (C=O) groups is 4. The van der Waals surface area contributed by atoms with Gasteiger partial charge in [-0.15, -0.1) is 0 Å². The highest BCUT2D eigenvalue weighted by Gasteiger charge is 2.34. The molecule has 1 heterocycles. The fraction of sp³-hybridized carbons (Fsp3) is 0.789. The number of carbonyl (C=O) groups excluding carboxylic acids is 3. The summed E-state index contributed by atoms with van der Waals surface area (Å²) in [5.74, 6) is -2.25. The SMILES string of the molecule is CCC(C)C(NC(=O)C(N)CC(C)C)C(=O)NCC(=O)N1CCCC1C(=O)O. The summed E-state index contributed by atoms with van der Waals surface area (Å²) in [6.07, 6.45) is 2.19. The number of aliphatic carboxylic acids is 1. The monoisotopic (exact) mass is 398 g/mol. The first-order valence-electron chi connectivity index (χ1n) is 9.94. The van der Waals surface area contributed by atoms with Gasteiger partial charge in [0.25, 0.3) is 0 Å². The maximum Gasteiger partial charge on any atom is 0.326 e. The zero-order valence-electron chi connectivity index (χ0n) is 17.2. The topological polar surface area (TPSA) is 142 Å². The average Bonchev–Trinajstić information content (AvgIpc) is 3.12. The van der Waals surface area contributed by atoms with Gasteiger partial charge in [0.2, 0.25) is 17.7 Å². The van der Waals surface area contributed by atoms with Gasteiger partial charge in [0.05, 0.1) is 12.6 Å². The zero-order chi connectivity index (χ0) is 21.4. The molecular formula is C19H34N4O5. The first kappa shape index (κ1) is 23.9. The summed E-state index contributed by atoms with van der Waals surface area (Å²) in [5.41, 5.74) is 5.90. The van der Waals surface area contributed by atoms with Crippen molar-refractivity contribution in [2.75, 3.05) is 13.1 Å². The van der Waals surface area contributed by atoms with Gasteiger partial charge < -0.3 is 26.4 Å². The Morgan fingerprint density at radius 3 is 2.36 bits per heavy atom. The minimum Gasteiger partial charge on any atom is -0.480 e. The van der Waals surface area contributed by atoms with Crippen molar-refractivity contribution in [1.82, 2.24) is 15.5 Å². The number of nitrogens with two attached hydrogens (primary N) is 1. The van der Waals surface area contributed by atoms with Crippen molar-refractivity contribution in [2.24, 2.45) is 17.6 Å². The van der Waals surface area contributed by atoms with Gasteiger partial charge in [0, 0.05) is 6.54 Å². The second-order valence-corrected chi connectivity index (χ2v) is 7.91. The molecule has 1 aliphatic rings. The summed E-state index contributed by atoms with van der Waals surface area (Å²) in [7, 11) is 0. The van der Waals surface area contributed by atoms with E-state index in [1.807, 2.05) is 27.7 Å². The van der Waals surface area contributed by atoms with Crippen LogP contribution in [0.4, 0.5) is 0 Å². The van der Waals surface area contributed by atoms with Crippen LogP contribution in [0.2, 0.25) is 0 Å². The third-order valence-electron chi connectivity index (χ3n) is 5.13. The van der Waals surface area contributed by atoms with E-state index in [1.165, 1.54) is 4.90 Å². The van der Waals surface area contributed by atoms with E-state index in [0.717, 1.165) is 0 Å². The molecule has 0 saturated carbocycles. The molecule has 3 amide bonds. The molecule has 0 aliphatic carbocycles. The number of carboxylic acid groups (broad SMARTS) is 1. The Morgan fingerprint density at radius 1 is 1.18 bits per heavy atom. The maximum atomic E-state index is 12.6. The first-order valence-corrected chi connectivity index (χ1v) is 9.94. The van der Waals surface area contributed by atoms with Gasteiger partial charge in [-0.05, 0) is 31.1 Å². The molecular weight excluding hydrogens is 364 g/mol. The molecule has 9 nitrogen and oxygen atoms in total. The second-order valence-electron chi connectivity index (χ2n) is 7.91. The largest absolute Gasteiger partial charge is 0.480 e. The van der Waals surface area contributed by atoms with E-state index in [1.54, 1.807) is 0 Å². The van der Waals surface area contributed by atoms with Crippen LogP contribution in [-0.2, 0) is 19.2 Å². The van der Waals surface area contributed by atoms with Gasteiger partial charge in [-0.1, -0.05) is 34.1 Å². The minimum atomic E-state index is -1.04. The van der Waals surface area contributed by atoms with Gasteiger partial charge >= 0.3 is 5.97 Å². The Labute approximate surface area is 166 Å². The summed E-state index contributed by atoms with van der Waals surface area (Å²) in [5, 5.41) is 14.4. The standard InChI is InChI=1S/C19H34N4O5/c1-5-12(4)16(22-17(25)13(20)9-11(2)3)18(26)21-10-15(24)23-8-6-7-14(23)19(27)28/h11-14,16H,5-10,20H2,1-4H3,(H,21,26)(H,22,25)(H,27,28). The predicted octanol–water partition coefficient (Wildman–Crippen LogP) is 0.0825. The normalized spacial score (nSPS) is 19.8. The van der Waals surface area contributed by atoms with E-state index in [0.29, 0.717) is 32.2 Å². The van der Waals surface area contributed by atoms with Crippen molar-refractivity contribution in [3.8, 4) is 0 Å². The number of carboxylic acids is 1. The van der Waals surface area contributed by atoms with Crippen LogP contribution < -0.4 is 16.4 Å². The number of nitrogens with zero attached hydrogens (tertiary/aromatic N) is 1. The van der Waals surface area contributed by atoms with Crippen LogP contribution in [0.5, 0.6) is 0 Å². The number of rotatable bonds is 10. The molecule has 4 unspecified atom stereocenters. The summed E-state index contributed by atoms with van der Waals surface area (Å²) in [4.78, 5) is 49.7. The van der Waals surface area contributed by atoms with Gasteiger partial charge in [0.15, 0.2) is 0 Å². The fourth-order valence-electron chi connectivity index (χ4n) is 3.27. The third-order valence-corrected chi connectivity index (χ3v) is 5.13. The fourth-order valence-corrected chi connectivity index (χ4v) is 3.27. The van der Waals surface area contributed by atoms with Crippen molar-refractivity contribution in [2.45, 2.75) is 71.5 Å². The van der Waals surface area contributed by atoms with E-state index >= 15 is 0 Å². The van der Waals surface area contributed by atoms with Crippen LogP contribution in [-0.4, -0.2) is 64.9 Å². The van der Waals surface area contributed by atoms with E-state index in [2.05, 4.69) is 10.6 Å². The predicted molar refractivity (Wildman–Crippen MR) is 104 cm³/mol. The molecule has 5 N–H and O–H groups in total. The van der Waals surface area contributed by atoms with Gasteiger partial charge in [-0.25, -0.2) is 4.79 Å². The third kappa shape index (κ3) is 6.78. The highest BCUT2D eigenvalue weighted by molar-refractivity contribution is 5.92. The van der Waals surface area contributed by atoms with Crippen LogP contribution >= 0.6 is 0 Å². The smallest absolute Gasteiger partial charge is 0.326 e. The molecule has 0 aromatic carbocycles. The number of amides is 3. The molecule has 1 saturated heterocycles. The molecule has 1 fully saturated rings. The molecule has 0 spiro atoms. The quantitative estimate of drug-likeness (QED) is 0.411. The Bertz CT molecular complexity index is 581. The minimum absolute atomic E-state index is 0.149. The zero-order valence-corrected chi connectivity index (χ0v) is 17.2. The van der Waals surface area contributed by atoms with Crippen LogP contribution in [0.25, 0.3) is 0 Å². The van der Waals surface area contributed by atoms with E-state index in [4.69, 9.17) is 5.73 Å². The van der Waals surface area contributed by atoms with Crippen molar-refractivity contribution in [3.63, 3.8) is 0 Å². The molecule has 0 aromatic heterocycles. The van der Waals surface area contributed by atoms with Gasteiger partial charge in [0.1, 0.15) is 12.1 Å². The van der Waals surface area contributed by atoms with E-state index in [9.17, 15) is 24.3 Å². The molecule has 0 bridgehead atoms. The number of hydrogen-bond acceptors (Lipinski definition) is 5. The lowest BCUT2D eigenvalue weighted by Gasteiger charge is -2.26. The highest BCUT2D eigenvalue weighted by Crippen LogP contribution is 2.17. The Balaban J connectivity index is 2.68. The number of hydrogen-bond donors (Lipinski definition) is 4. The van der Waals surface area contributed by atoms with Crippen molar-refractivity contribution in [1.29, 1.82) is 0 Å². The molecule has 1 rings (SSSR count). The lowest BCUT2D eigenvalue weighted by molar-refractivity contribution is -0.148. The molecule has 4 atom stereocenters. The molecule has 9 heteroatoms. The van der Waals surface area contributed by atoms with Crippen molar-refractivity contribution < 1.29 is 24.3 Å². The number of nitrogens with one attached hydrogen (secondary N) is 2.